The number of carbonyl (C=O) groups excluding carboxylic acids is 1. The van der Waals surface area contributed by atoms with Gasteiger partial charge in [0.2, 0.25) is 0 Å². The molecule has 4 atom stereocenters. The highest BCUT2D eigenvalue weighted by Crippen LogP contribution is 2.35. The van der Waals surface area contributed by atoms with Crippen LogP contribution in [-0.4, -0.2) is 76.8 Å². The summed E-state index contributed by atoms with van der Waals surface area (Å²) < 4.78 is 37.0. The Labute approximate surface area is 160 Å². The predicted molar refractivity (Wildman–Crippen MR) is 92.3 cm³/mol. The van der Waals surface area contributed by atoms with E-state index < -0.39 is 23.6 Å². The maximum absolute atomic E-state index is 12.3. The number of halogens is 5. The third kappa shape index (κ3) is 5.61. The fourth-order valence-electron chi connectivity index (χ4n) is 3.66. The molecule has 10 heteroatoms. The van der Waals surface area contributed by atoms with Gasteiger partial charge in [0.05, 0.1) is 23.5 Å². The maximum atomic E-state index is 12.3. The third-order valence-electron chi connectivity index (χ3n) is 5.56. The Hall–Kier alpha value is -0.280. The number of alkyl halides is 5. The number of likely N-dealkylation sites (tertiary alicyclic amines) is 1. The number of rotatable bonds is 5. The molecule has 152 valence electrons. The maximum Gasteiger partial charge on any atom is 0.471 e. The SMILES string of the molecule is O=C(NCC1(CO)CCN(CC2CC(Cl)C(Cl)CC2O)CC1)C(F)(F)F. The van der Waals surface area contributed by atoms with E-state index >= 15 is 0 Å². The van der Waals surface area contributed by atoms with Crippen LogP contribution in [0.2, 0.25) is 0 Å². The van der Waals surface area contributed by atoms with E-state index in [2.05, 4.69) is 4.90 Å². The van der Waals surface area contributed by atoms with Crippen LogP contribution < -0.4 is 5.32 Å². The molecule has 2 rings (SSSR count). The molecule has 1 aliphatic heterocycles. The Morgan fingerprint density at radius 3 is 2.31 bits per heavy atom. The van der Waals surface area contributed by atoms with Crippen molar-refractivity contribution in [3.8, 4) is 0 Å². The molecule has 1 aliphatic carbocycles. The van der Waals surface area contributed by atoms with Crippen molar-refractivity contribution in [1.29, 1.82) is 0 Å². The topological polar surface area (TPSA) is 72.8 Å². The second-order valence-electron chi connectivity index (χ2n) is 7.47. The zero-order chi connectivity index (χ0) is 19.5. The molecular formula is C16H25Cl2F3N2O3. The summed E-state index contributed by atoms with van der Waals surface area (Å²) in [5.74, 6) is -1.99. The van der Waals surface area contributed by atoms with Gasteiger partial charge in [-0.2, -0.15) is 13.2 Å². The molecule has 26 heavy (non-hydrogen) atoms. The summed E-state index contributed by atoms with van der Waals surface area (Å²) in [4.78, 5) is 13.1. The van der Waals surface area contributed by atoms with Crippen LogP contribution in [0.25, 0.3) is 0 Å². The Kier molecular flexibility index (Phi) is 7.46. The van der Waals surface area contributed by atoms with E-state index in [1.54, 1.807) is 0 Å². The fraction of sp³-hybridized carbons (Fsp3) is 0.938. The first-order valence-electron chi connectivity index (χ1n) is 8.71. The van der Waals surface area contributed by atoms with Gasteiger partial charge in [-0.25, -0.2) is 0 Å². The molecule has 1 heterocycles. The van der Waals surface area contributed by atoms with Crippen LogP contribution in [0.15, 0.2) is 0 Å². The molecule has 0 aromatic rings. The summed E-state index contributed by atoms with van der Waals surface area (Å²) in [7, 11) is 0. The van der Waals surface area contributed by atoms with E-state index in [9.17, 15) is 28.2 Å². The Morgan fingerprint density at radius 1 is 1.19 bits per heavy atom. The molecule has 4 unspecified atom stereocenters. The lowest BCUT2D eigenvalue weighted by atomic mass is 9.78. The molecule has 5 nitrogen and oxygen atoms in total. The quantitative estimate of drug-likeness (QED) is 0.592. The van der Waals surface area contributed by atoms with Crippen LogP contribution in [-0.2, 0) is 4.79 Å². The minimum atomic E-state index is -4.92. The summed E-state index contributed by atoms with van der Waals surface area (Å²) in [6, 6.07) is 0. The van der Waals surface area contributed by atoms with Crippen LogP contribution in [0.4, 0.5) is 13.2 Å². The molecular weight excluding hydrogens is 396 g/mol. The molecule has 1 saturated carbocycles. The molecule has 0 aromatic heterocycles. The van der Waals surface area contributed by atoms with Crippen molar-refractivity contribution in [3.05, 3.63) is 0 Å². The molecule has 3 N–H and O–H groups in total. The van der Waals surface area contributed by atoms with Gasteiger partial charge in [-0.15, -0.1) is 23.2 Å². The lowest BCUT2D eigenvalue weighted by molar-refractivity contribution is -0.174. The summed E-state index contributed by atoms with van der Waals surface area (Å²) in [6.07, 6.45) is -3.46. The number of piperidine rings is 1. The van der Waals surface area contributed by atoms with Crippen molar-refractivity contribution >= 4 is 29.1 Å². The van der Waals surface area contributed by atoms with E-state index in [0.29, 0.717) is 45.3 Å². The Morgan fingerprint density at radius 2 is 1.77 bits per heavy atom. The molecule has 2 aliphatic rings. The van der Waals surface area contributed by atoms with Gasteiger partial charge in [-0.3, -0.25) is 4.79 Å². The molecule has 0 aromatic carbocycles. The zero-order valence-electron chi connectivity index (χ0n) is 14.3. The summed E-state index contributed by atoms with van der Waals surface area (Å²) in [6.45, 7) is 1.28. The normalized spacial score (nSPS) is 33.0. The second kappa shape index (κ2) is 8.82. The zero-order valence-corrected chi connectivity index (χ0v) is 15.8. The second-order valence-corrected chi connectivity index (χ2v) is 8.59. The van der Waals surface area contributed by atoms with Crippen molar-refractivity contribution in [2.45, 2.75) is 48.7 Å². The molecule has 0 bridgehead atoms. The average molecular weight is 421 g/mol. The van der Waals surface area contributed by atoms with Crippen molar-refractivity contribution in [2.75, 3.05) is 32.8 Å². The van der Waals surface area contributed by atoms with E-state index in [-0.39, 0.29) is 29.8 Å². The number of nitrogens with zero attached hydrogens (tertiary/aromatic N) is 1. The smallest absolute Gasteiger partial charge is 0.396 e. The van der Waals surface area contributed by atoms with Gasteiger partial charge >= 0.3 is 12.1 Å². The molecule has 0 spiro atoms. The first-order chi connectivity index (χ1) is 12.1. The van der Waals surface area contributed by atoms with Crippen LogP contribution in [0, 0.1) is 11.3 Å². The van der Waals surface area contributed by atoms with Gasteiger partial charge in [0, 0.05) is 18.5 Å². The van der Waals surface area contributed by atoms with Gasteiger partial charge in [0.1, 0.15) is 0 Å². The van der Waals surface area contributed by atoms with Crippen molar-refractivity contribution < 1.29 is 28.2 Å². The van der Waals surface area contributed by atoms with E-state index in [4.69, 9.17) is 23.2 Å². The highest BCUT2D eigenvalue weighted by molar-refractivity contribution is 6.30. The monoisotopic (exact) mass is 420 g/mol. The number of hydrogen-bond acceptors (Lipinski definition) is 4. The van der Waals surface area contributed by atoms with E-state index in [1.165, 1.54) is 0 Å². The van der Waals surface area contributed by atoms with Crippen LogP contribution >= 0.6 is 23.2 Å². The highest BCUT2D eigenvalue weighted by Gasteiger charge is 2.42. The molecule has 1 saturated heterocycles. The standard InChI is InChI=1S/C16H25Cl2F3N2O3/c17-11-5-10(13(25)6-12(11)18)7-23-3-1-15(9-24,2-4-23)8-22-14(26)16(19,20)21/h10-13,24-25H,1-9H2,(H,22,26). The van der Waals surface area contributed by atoms with Gasteiger partial charge < -0.3 is 20.4 Å². The Balaban J connectivity index is 1.83. The summed E-state index contributed by atoms with van der Waals surface area (Å²) in [5.41, 5.74) is -0.751. The van der Waals surface area contributed by atoms with Crippen molar-refractivity contribution in [1.82, 2.24) is 10.2 Å². The predicted octanol–water partition coefficient (Wildman–Crippen LogP) is 1.73. The fourth-order valence-corrected chi connectivity index (χ4v) is 4.28. The van der Waals surface area contributed by atoms with Crippen LogP contribution in [0.3, 0.4) is 0 Å². The number of aliphatic hydroxyl groups excluding tert-OH is 2. The lowest BCUT2D eigenvalue weighted by Crippen LogP contribution is -2.52. The first-order valence-corrected chi connectivity index (χ1v) is 9.58. The number of aliphatic hydroxyl groups is 2. The number of amides is 1. The highest BCUT2D eigenvalue weighted by atomic mass is 35.5. The van der Waals surface area contributed by atoms with E-state index in [0.717, 1.165) is 0 Å². The number of carbonyl (C=O) groups is 1. The lowest BCUT2D eigenvalue weighted by Gasteiger charge is -2.43. The first kappa shape index (κ1) is 22.0. The van der Waals surface area contributed by atoms with E-state index in [1.807, 2.05) is 5.32 Å². The minimum absolute atomic E-state index is 0.000872. The Bertz CT molecular complexity index is 488. The van der Waals surface area contributed by atoms with Gasteiger partial charge in [0.25, 0.3) is 0 Å². The van der Waals surface area contributed by atoms with Crippen molar-refractivity contribution in [2.24, 2.45) is 11.3 Å². The third-order valence-corrected chi connectivity index (χ3v) is 6.65. The number of hydrogen-bond donors (Lipinski definition) is 3. The largest absolute Gasteiger partial charge is 0.471 e. The molecule has 1 amide bonds. The van der Waals surface area contributed by atoms with Crippen LogP contribution in [0.1, 0.15) is 25.7 Å². The minimum Gasteiger partial charge on any atom is -0.396 e. The van der Waals surface area contributed by atoms with Gasteiger partial charge in [-0.1, -0.05) is 0 Å². The molecule has 2 fully saturated rings. The summed E-state index contributed by atoms with van der Waals surface area (Å²) in [5, 5.41) is 21.3. The van der Waals surface area contributed by atoms with Crippen molar-refractivity contribution in [3.63, 3.8) is 0 Å². The number of nitrogens with one attached hydrogen (secondary N) is 1. The van der Waals surface area contributed by atoms with Crippen LogP contribution in [0.5, 0.6) is 0 Å². The molecule has 0 radical (unpaired) electrons. The van der Waals surface area contributed by atoms with Gasteiger partial charge in [-0.05, 0) is 44.7 Å². The average Bonchev–Trinajstić information content (AvgIpc) is 2.58. The summed E-state index contributed by atoms with van der Waals surface area (Å²) >= 11 is 12.3. The van der Waals surface area contributed by atoms with Gasteiger partial charge in [0.15, 0.2) is 0 Å².